The minimum Gasteiger partial charge on any atom is -0.497 e. The van der Waals surface area contributed by atoms with E-state index >= 15 is 0 Å². The predicted octanol–water partition coefficient (Wildman–Crippen LogP) is 4.36. The van der Waals surface area contributed by atoms with Crippen molar-refractivity contribution in [3.8, 4) is 11.5 Å². The van der Waals surface area contributed by atoms with Gasteiger partial charge in [-0.25, -0.2) is 4.39 Å². The minimum atomic E-state index is -0.375. The van der Waals surface area contributed by atoms with Crippen LogP contribution in [0.2, 0.25) is 0 Å². The number of carbonyl (C=O) groups excluding carboxylic acids is 1. The van der Waals surface area contributed by atoms with Crippen LogP contribution in [0.15, 0.2) is 46.9 Å². The van der Waals surface area contributed by atoms with Crippen LogP contribution in [0, 0.1) is 5.82 Å². The van der Waals surface area contributed by atoms with Gasteiger partial charge in [-0.05, 0) is 43.3 Å². The van der Waals surface area contributed by atoms with Crippen molar-refractivity contribution in [3.05, 3.63) is 59.6 Å². The number of fused-ring (bicyclic) bond motifs is 1. The Hall–Kier alpha value is -3.02. The summed E-state index contributed by atoms with van der Waals surface area (Å²) in [4.78, 5) is 11.2. The van der Waals surface area contributed by atoms with Gasteiger partial charge < -0.3 is 19.2 Å². The molecule has 0 aliphatic carbocycles. The fourth-order valence-corrected chi connectivity index (χ4v) is 2.65. The third-order valence-corrected chi connectivity index (χ3v) is 4.01. The van der Waals surface area contributed by atoms with Crippen molar-refractivity contribution in [2.75, 3.05) is 7.11 Å². The maximum atomic E-state index is 14.0. The summed E-state index contributed by atoms with van der Waals surface area (Å²) >= 11 is 0. The Bertz CT molecular complexity index is 935. The number of halogens is 1. The van der Waals surface area contributed by atoms with E-state index in [-0.39, 0.29) is 24.4 Å². The highest BCUT2D eigenvalue weighted by Gasteiger charge is 2.13. The highest BCUT2D eigenvalue weighted by molar-refractivity contribution is 5.80. The lowest BCUT2D eigenvalue weighted by atomic mass is 10.2. The second kappa shape index (κ2) is 7.47. The molecule has 0 saturated carbocycles. The standard InChI is InChI=1S/C20H20FNO4/c1-12(22-13(2)23)20-9-15-8-17(6-7-19(15)26-20)25-11-14-4-5-16(24-3)10-18(14)21/h4-10,12H,11H2,1-3H3,(H,22,23). The fraction of sp³-hybridized carbons (Fsp3) is 0.250. The van der Waals surface area contributed by atoms with Gasteiger partial charge in [0.1, 0.15) is 35.3 Å². The zero-order valence-electron chi connectivity index (χ0n) is 14.8. The van der Waals surface area contributed by atoms with E-state index < -0.39 is 0 Å². The molecular weight excluding hydrogens is 337 g/mol. The van der Waals surface area contributed by atoms with Crippen molar-refractivity contribution >= 4 is 16.9 Å². The van der Waals surface area contributed by atoms with E-state index in [9.17, 15) is 9.18 Å². The largest absolute Gasteiger partial charge is 0.497 e. The first-order chi connectivity index (χ1) is 12.5. The highest BCUT2D eigenvalue weighted by Crippen LogP contribution is 2.28. The molecule has 1 amide bonds. The Morgan fingerprint density at radius 1 is 1.19 bits per heavy atom. The van der Waals surface area contributed by atoms with E-state index in [0.717, 1.165) is 5.39 Å². The molecule has 1 aromatic heterocycles. The molecular formula is C20H20FNO4. The number of ether oxygens (including phenoxy) is 2. The Morgan fingerprint density at radius 3 is 2.65 bits per heavy atom. The molecule has 6 heteroatoms. The average molecular weight is 357 g/mol. The lowest BCUT2D eigenvalue weighted by molar-refractivity contribution is -0.119. The van der Waals surface area contributed by atoms with Crippen molar-refractivity contribution in [1.82, 2.24) is 5.32 Å². The van der Waals surface area contributed by atoms with Crippen LogP contribution >= 0.6 is 0 Å². The molecule has 5 nitrogen and oxygen atoms in total. The number of benzene rings is 2. The molecule has 26 heavy (non-hydrogen) atoms. The zero-order chi connectivity index (χ0) is 18.7. The normalized spacial score (nSPS) is 12.0. The van der Waals surface area contributed by atoms with Gasteiger partial charge in [-0.15, -0.1) is 0 Å². The Labute approximate surface area is 150 Å². The Kier molecular flexibility index (Phi) is 5.11. The molecule has 136 valence electrons. The maximum Gasteiger partial charge on any atom is 0.217 e. The first-order valence-corrected chi connectivity index (χ1v) is 8.22. The summed E-state index contributed by atoms with van der Waals surface area (Å²) in [7, 11) is 1.49. The SMILES string of the molecule is COc1ccc(COc2ccc3oc(C(C)NC(C)=O)cc3c2)c(F)c1. The van der Waals surface area contributed by atoms with Gasteiger partial charge in [-0.2, -0.15) is 0 Å². The summed E-state index contributed by atoms with van der Waals surface area (Å²) in [6.45, 7) is 3.42. The molecule has 1 heterocycles. The number of nitrogens with one attached hydrogen (secondary N) is 1. The van der Waals surface area contributed by atoms with Gasteiger partial charge in [-0.3, -0.25) is 4.79 Å². The molecule has 0 radical (unpaired) electrons. The fourth-order valence-electron chi connectivity index (χ4n) is 2.65. The summed E-state index contributed by atoms with van der Waals surface area (Å²) < 4.78 is 30.4. The number of furan rings is 1. The molecule has 0 aliphatic heterocycles. The summed E-state index contributed by atoms with van der Waals surface area (Å²) in [6, 6.07) is 11.7. The van der Waals surface area contributed by atoms with Crippen LogP contribution in [0.3, 0.4) is 0 Å². The molecule has 1 unspecified atom stereocenters. The van der Waals surface area contributed by atoms with Crippen LogP contribution in [0.25, 0.3) is 11.0 Å². The van der Waals surface area contributed by atoms with Crippen molar-refractivity contribution in [2.24, 2.45) is 0 Å². The van der Waals surface area contributed by atoms with Gasteiger partial charge in [0.2, 0.25) is 5.91 Å². The van der Waals surface area contributed by atoms with Crippen LogP contribution in [0.5, 0.6) is 11.5 Å². The van der Waals surface area contributed by atoms with E-state index in [1.807, 2.05) is 19.1 Å². The first kappa shape index (κ1) is 17.8. The van der Waals surface area contributed by atoms with Gasteiger partial charge in [0.25, 0.3) is 0 Å². The summed E-state index contributed by atoms with van der Waals surface area (Å²) in [5.74, 6) is 1.23. The Balaban J connectivity index is 1.74. The molecule has 0 spiro atoms. The summed E-state index contributed by atoms with van der Waals surface area (Å²) in [6.07, 6.45) is 0. The zero-order valence-corrected chi connectivity index (χ0v) is 14.8. The van der Waals surface area contributed by atoms with Crippen molar-refractivity contribution in [3.63, 3.8) is 0 Å². The number of methoxy groups -OCH3 is 1. The quantitative estimate of drug-likeness (QED) is 0.712. The number of hydrogen-bond acceptors (Lipinski definition) is 4. The van der Waals surface area contributed by atoms with E-state index in [1.165, 1.54) is 20.1 Å². The smallest absolute Gasteiger partial charge is 0.217 e. The number of hydrogen-bond donors (Lipinski definition) is 1. The molecule has 3 aromatic rings. The van der Waals surface area contributed by atoms with Crippen molar-refractivity contribution in [1.29, 1.82) is 0 Å². The number of carbonyl (C=O) groups is 1. The monoisotopic (exact) mass is 357 g/mol. The van der Waals surface area contributed by atoms with Crippen LogP contribution < -0.4 is 14.8 Å². The number of amides is 1. The third-order valence-electron chi connectivity index (χ3n) is 4.01. The van der Waals surface area contributed by atoms with Crippen LogP contribution in [0.1, 0.15) is 31.2 Å². The van der Waals surface area contributed by atoms with E-state index in [4.69, 9.17) is 13.9 Å². The topological polar surface area (TPSA) is 60.7 Å². The van der Waals surface area contributed by atoms with Gasteiger partial charge in [0.05, 0.1) is 13.2 Å². The van der Waals surface area contributed by atoms with Crippen LogP contribution in [-0.4, -0.2) is 13.0 Å². The van der Waals surface area contributed by atoms with Crippen molar-refractivity contribution < 1.29 is 23.1 Å². The van der Waals surface area contributed by atoms with Gasteiger partial charge in [-0.1, -0.05) is 0 Å². The summed E-state index contributed by atoms with van der Waals surface area (Å²) in [5.41, 5.74) is 1.14. The first-order valence-electron chi connectivity index (χ1n) is 8.22. The van der Waals surface area contributed by atoms with Gasteiger partial charge >= 0.3 is 0 Å². The van der Waals surface area contributed by atoms with Crippen molar-refractivity contribution in [2.45, 2.75) is 26.5 Å². The molecule has 0 bridgehead atoms. The maximum absolute atomic E-state index is 14.0. The lowest BCUT2D eigenvalue weighted by Crippen LogP contribution is -2.23. The Morgan fingerprint density at radius 2 is 1.96 bits per heavy atom. The highest BCUT2D eigenvalue weighted by atomic mass is 19.1. The second-order valence-corrected chi connectivity index (χ2v) is 6.02. The molecule has 1 N–H and O–H groups in total. The van der Waals surface area contributed by atoms with E-state index in [2.05, 4.69) is 5.32 Å². The second-order valence-electron chi connectivity index (χ2n) is 6.02. The molecule has 0 aliphatic rings. The third kappa shape index (κ3) is 3.96. The number of rotatable bonds is 6. The molecule has 3 rings (SSSR count). The van der Waals surface area contributed by atoms with Crippen LogP contribution in [0.4, 0.5) is 4.39 Å². The molecule has 2 aromatic carbocycles. The lowest BCUT2D eigenvalue weighted by Gasteiger charge is -2.08. The minimum absolute atomic E-state index is 0.105. The molecule has 1 atom stereocenters. The van der Waals surface area contributed by atoms with Gasteiger partial charge in [0.15, 0.2) is 0 Å². The summed E-state index contributed by atoms with van der Waals surface area (Å²) in [5, 5.41) is 3.63. The molecule has 0 fully saturated rings. The molecule has 0 saturated heterocycles. The van der Waals surface area contributed by atoms with Gasteiger partial charge in [0, 0.05) is 23.9 Å². The van der Waals surface area contributed by atoms with E-state index in [1.54, 1.807) is 24.3 Å². The van der Waals surface area contributed by atoms with E-state index in [0.29, 0.717) is 28.4 Å². The van der Waals surface area contributed by atoms with Crippen LogP contribution in [-0.2, 0) is 11.4 Å². The predicted molar refractivity (Wildman–Crippen MR) is 95.7 cm³/mol. The average Bonchev–Trinajstić information content (AvgIpc) is 3.03.